The summed E-state index contributed by atoms with van der Waals surface area (Å²) < 4.78 is 0. The molecule has 3 aromatic rings. The van der Waals surface area contributed by atoms with Crippen LogP contribution in [0.3, 0.4) is 0 Å². The zero-order valence-corrected chi connectivity index (χ0v) is 15.0. The van der Waals surface area contributed by atoms with Gasteiger partial charge in [0.15, 0.2) is 0 Å². The van der Waals surface area contributed by atoms with Gasteiger partial charge < -0.3 is 10.6 Å². The minimum Gasteiger partial charge on any atom is -0.355 e. The van der Waals surface area contributed by atoms with Gasteiger partial charge in [-0.2, -0.15) is 0 Å². The van der Waals surface area contributed by atoms with Crippen molar-refractivity contribution >= 4 is 28.9 Å². The van der Waals surface area contributed by atoms with Gasteiger partial charge in [0, 0.05) is 29.1 Å². The fraction of sp³-hybridized carbons (Fsp3) is 0.143. The second-order valence-electron chi connectivity index (χ2n) is 5.91. The molecule has 0 saturated carbocycles. The van der Waals surface area contributed by atoms with E-state index < -0.39 is 0 Å². The highest BCUT2D eigenvalue weighted by molar-refractivity contribution is 6.30. The maximum Gasteiger partial charge on any atom is 0.269 e. The number of carbonyl (C=O) groups is 1. The smallest absolute Gasteiger partial charge is 0.269 e. The van der Waals surface area contributed by atoms with Gasteiger partial charge in [-0.15, -0.1) is 0 Å². The van der Waals surface area contributed by atoms with Crippen molar-refractivity contribution in [3.05, 3.63) is 89.2 Å². The van der Waals surface area contributed by atoms with Crippen molar-refractivity contribution in [3.8, 4) is 0 Å². The largest absolute Gasteiger partial charge is 0.355 e. The summed E-state index contributed by atoms with van der Waals surface area (Å²) in [6.07, 6.45) is 3.45. The Morgan fingerprint density at radius 3 is 2.50 bits per heavy atom. The second kappa shape index (κ2) is 9.02. The predicted octanol–water partition coefficient (Wildman–Crippen LogP) is 4.84. The summed E-state index contributed by atoms with van der Waals surface area (Å²) in [5.41, 5.74) is 3.37. The lowest BCUT2D eigenvalue weighted by atomic mass is 10.1. The third-order valence-corrected chi connectivity index (χ3v) is 4.15. The van der Waals surface area contributed by atoms with Gasteiger partial charge in [0.2, 0.25) is 0 Å². The molecule has 0 radical (unpaired) electrons. The van der Waals surface area contributed by atoms with Gasteiger partial charge in [-0.25, -0.2) is 0 Å². The van der Waals surface area contributed by atoms with Crippen LogP contribution in [0, 0.1) is 0 Å². The number of nitrogens with zero attached hydrogens (tertiary/aromatic N) is 1. The van der Waals surface area contributed by atoms with E-state index in [4.69, 9.17) is 11.6 Å². The van der Waals surface area contributed by atoms with Crippen LogP contribution in [-0.2, 0) is 6.42 Å². The number of hydrogen-bond donors (Lipinski definition) is 2. The number of amides is 1. The lowest BCUT2D eigenvalue weighted by Crippen LogP contribution is -2.25. The number of anilines is 2. The number of aryl methyl sites for hydroxylation is 1. The van der Waals surface area contributed by atoms with Gasteiger partial charge in [0.1, 0.15) is 5.69 Å². The Labute approximate surface area is 158 Å². The molecule has 4 nitrogen and oxygen atoms in total. The molecule has 132 valence electrons. The summed E-state index contributed by atoms with van der Waals surface area (Å²) in [6, 6.07) is 21.2. The van der Waals surface area contributed by atoms with Crippen LogP contribution in [0.5, 0.6) is 0 Å². The van der Waals surface area contributed by atoms with E-state index in [1.807, 2.05) is 48.5 Å². The number of aromatic nitrogens is 1. The fourth-order valence-corrected chi connectivity index (χ4v) is 2.69. The van der Waals surface area contributed by atoms with Crippen LogP contribution in [0.4, 0.5) is 11.4 Å². The Balaban J connectivity index is 1.52. The van der Waals surface area contributed by atoms with E-state index in [1.54, 1.807) is 12.3 Å². The van der Waals surface area contributed by atoms with E-state index in [2.05, 4.69) is 27.8 Å². The topological polar surface area (TPSA) is 54.0 Å². The highest BCUT2D eigenvalue weighted by Gasteiger charge is 2.07. The van der Waals surface area contributed by atoms with Crippen LogP contribution in [0.15, 0.2) is 72.9 Å². The average molecular weight is 366 g/mol. The third kappa shape index (κ3) is 5.33. The Morgan fingerprint density at radius 2 is 1.73 bits per heavy atom. The lowest BCUT2D eigenvalue weighted by molar-refractivity contribution is 0.0948. The number of hydrogen-bond acceptors (Lipinski definition) is 3. The first-order valence-electron chi connectivity index (χ1n) is 8.51. The standard InChI is InChI=1S/C21H20ClN3O/c22-17-8-10-18(11-9-17)25-19-12-14-23-20(15-19)21(26)24-13-4-7-16-5-2-1-3-6-16/h1-3,5-6,8-12,14-15H,4,7,13H2,(H,23,25)(H,24,26). The number of rotatable bonds is 7. The molecule has 1 heterocycles. The first kappa shape index (κ1) is 18.0. The van der Waals surface area contributed by atoms with Gasteiger partial charge in [-0.3, -0.25) is 9.78 Å². The first-order valence-corrected chi connectivity index (χ1v) is 8.89. The predicted molar refractivity (Wildman–Crippen MR) is 106 cm³/mol. The van der Waals surface area contributed by atoms with Crippen LogP contribution < -0.4 is 10.6 Å². The van der Waals surface area contributed by atoms with Crippen molar-refractivity contribution in [2.24, 2.45) is 0 Å². The molecule has 0 aliphatic rings. The number of carbonyl (C=O) groups excluding carboxylic acids is 1. The SMILES string of the molecule is O=C(NCCCc1ccccc1)c1cc(Nc2ccc(Cl)cc2)ccn1. The lowest BCUT2D eigenvalue weighted by Gasteiger charge is -2.09. The van der Waals surface area contributed by atoms with Crippen LogP contribution >= 0.6 is 11.6 Å². The Bertz CT molecular complexity index is 851. The van der Waals surface area contributed by atoms with Crippen molar-refractivity contribution in [3.63, 3.8) is 0 Å². The second-order valence-corrected chi connectivity index (χ2v) is 6.34. The van der Waals surface area contributed by atoms with Crippen LogP contribution in [-0.4, -0.2) is 17.4 Å². The summed E-state index contributed by atoms with van der Waals surface area (Å²) >= 11 is 5.89. The summed E-state index contributed by atoms with van der Waals surface area (Å²) in [7, 11) is 0. The van der Waals surface area contributed by atoms with Crippen LogP contribution in [0.2, 0.25) is 5.02 Å². The van der Waals surface area contributed by atoms with E-state index in [-0.39, 0.29) is 5.91 Å². The fourth-order valence-electron chi connectivity index (χ4n) is 2.56. The van der Waals surface area contributed by atoms with Crippen molar-refractivity contribution in [2.45, 2.75) is 12.8 Å². The minimum absolute atomic E-state index is 0.169. The molecule has 5 heteroatoms. The van der Waals surface area contributed by atoms with Crippen LogP contribution in [0.25, 0.3) is 0 Å². The van der Waals surface area contributed by atoms with Gasteiger partial charge in [0.05, 0.1) is 0 Å². The maximum atomic E-state index is 12.3. The monoisotopic (exact) mass is 365 g/mol. The first-order chi connectivity index (χ1) is 12.7. The molecule has 26 heavy (non-hydrogen) atoms. The zero-order chi connectivity index (χ0) is 18.2. The molecule has 0 aliphatic heterocycles. The molecular formula is C21H20ClN3O. The molecule has 2 N–H and O–H groups in total. The van der Waals surface area contributed by atoms with Crippen molar-refractivity contribution in [2.75, 3.05) is 11.9 Å². The summed E-state index contributed by atoms with van der Waals surface area (Å²) in [5, 5.41) is 6.84. The van der Waals surface area contributed by atoms with E-state index in [0.29, 0.717) is 17.3 Å². The molecule has 2 aromatic carbocycles. The Morgan fingerprint density at radius 1 is 0.962 bits per heavy atom. The van der Waals surface area contributed by atoms with E-state index in [1.165, 1.54) is 5.56 Å². The van der Waals surface area contributed by atoms with Gasteiger partial charge in [-0.05, 0) is 54.8 Å². The highest BCUT2D eigenvalue weighted by atomic mass is 35.5. The number of nitrogens with one attached hydrogen (secondary N) is 2. The normalized spacial score (nSPS) is 10.3. The molecule has 0 spiro atoms. The summed E-state index contributed by atoms with van der Waals surface area (Å²) in [6.45, 7) is 0.615. The van der Waals surface area contributed by atoms with E-state index in [9.17, 15) is 4.79 Å². The van der Waals surface area contributed by atoms with Gasteiger partial charge >= 0.3 is 0 Å². The van der Waals surface area contributed by atoms with E-state index in [0.717, 1.165) is 24.2 Å². The average Bonchev–Trinajstić information content (AvgIpc) is 2.68. The number of benzene rings is 2. The molecule has 1 aromatic heterocycles. The molecule has 0 atom stereocenters. The third-order valence-electron chi connectivity index (χ3n) is 3.90. The van der Waals surface area contributed by atoms with Gasteiger partial charge in [0.25, 0.3) is 5.91 Å². The molecule has 3 rings (SSSR count). The molecule has 1 amide bonds. The quantitative estimate of drug-likeness (QED) is 0.589. The van der Waals surface area contributed by atoms with Crippen LogP contribution in [0.1, 0.15) is 22.5 Å². The molecule has 0 aliphatic carbocycles. The number of pyridine rings is 1. The molecule has 0 bridgehead atoms. The Hall–Kier alpha value is -2.85. The van der Waals surface area contributed by atoms with Crippen molar-refractivity contribution in [1.29, 1.82) is 0 Å². The summed E-state index contributed by atoms with van der Waals surface area (Å²) in [5.74, 6) is -0.169. The van der Waals surface area contributed by atoms with E-state index >= 15 is 0 Å². The molecule has 0 unspecified atom stereocenters. The Kier molecular flexibility index (Phi) is 6.23. The molecular weight excluding hydrogens is 346 g/mol. The molecule has 0 fully saturated rings. The summed E-state index contributed by atoms with van der Waals surface area (Å²) in [4.78, 5) is 16.4. The molecule has 0 saturated heterocycles. The van der Waals surface area contributed by atoms with Crippen molar-refractivity contribution < 1.29 is 4.79 Å². The minimum atomic E-state index is -0.169. The van der Waals surface area contributed by atoms with Crippen molar-refractivity contribution in [1.82, 2.24) is 10.3 Å². The number of halogens is 1. The maximum absolute atomic E-state index is 12.3. The highest BCUT2D eigenvalue weighted by Crippen LogP contribution is 2.19. The zero-order valence-electron chi connectivity index (χ0n) is 14.3. The van der Waals surface area contributed by atoms with Gasteiger partial charge in [-0.1, -0.05) is 41.9 Å².